The lowest BCUT2D eigenvalue weighted by Crippen LogP contribution is -2.43. The van der Waals surface area contributed by atoms with Gasteiger partial charge in [-0.3, -0.25) is 4.79 Å². The summed E-state index contributed by atoms with van der Waals surface area (Å²) in [4.78, 5) is 16.4. The molecule has 1 saturated carbocycles. The van der Waals surface area contributed by atoms with Gasteiger partial charge in [-0.1, -0.05) is 31.4 Å². The number of rotatable bonds is 8. The summed E-state index contributed by atoms with van der Waals surface area (Å²) in [7, 11) is 0. The molecular formula is C20H32FIN4O2. The van der Waals surface area contributed by atoms with Crippen molar-refractivity contribution in [3.63, 3.8) is 0 Å². The maximum Gasteiger partial charge on any atom is 0.242 e. The normalized spacial score (nSPS) is 15.9. The number of nitrogens with zero attached hydrogens (tertiary/aromatic N) is 1. The number of nitrogens with one attached hydrogen (secondary N) is 3. The summed E-state index contributed by atoms with van der Waals surface area (Å²) in [6.45, 7) is 4.99. The van der Waals surface area contributed by atoms with Crippen LogP contribution >= 0.6 is 24.0 Å². The summed E-state index contributed by atoms with van der Waals surface area (Å²) in [5.74, 6) is 0.319. The molecule has 0 heterocycles. The lowest BCUT2D eigenvalue weighted by molar-refractivity contribution is -0.120. The fourth-order valence-corrected chi connectivity index (χ4v) is 3.05. The van der Waals surface area contributed by atoms with Crippen molar-refractivity contribution in [3.8, 4) is 5.75 Å². The third-order valence-electron chi connectivity index (χ3n) is 4.42. The molecule has 1 aliphatic carbocycles. The minimum atomic E-state index is -0.385. The van der Waals surface area contributed by atoms with Crippen LogP contribution in [0, 0.1) is 5.82 Å². The van der Waals surface area contributed by atoms with Gasteiger partial charge in [-0.15, -0.1) is 24.0 Å². The highest BCUT2D eigenvalue weighted by atomic mass is 127. The number of para-hydroxylation sites is 1. The molecule has 158 valence electrons. The minimum absolute atomic E-state index is 0. The number of carbonyl (C=O) groups excluding carboxylic acids is 1. The summed E-state index contributed by atoms with van der Waals surface area (Å²) in [6.07, 6.45) is 5.46. The Morgan fingerprint density at radius 2 is 1.96 bits per heavy atom. The molecule has 0 saturated heterocycles. The summed E-state index contributed by atoms with van der Waals surface area (Å²) in [6, 6.07) is 6.60. The molecule has 2 rings (SSSR count). The number of aliphatic imine (C=N–C) groups is 1. The molecule has 0 aliphatic heterocycles. The standard InChI is InChI=1S/C20H31FN4O2.HI/c1-3-22-20(24-14-19(26)25-16-9-5-4-6-10-16)23-13-15(2)27-18-12-8-7-11-17(18)21;/h7-8,11-12,15-16H,3-6,9-10,13-14H2,1-2H3,(H,25,26)(H2,22,23,24);1H. The van der Waals surface area contributed by atoms with Crippen LogP contribution in [0.3, 0.4) is 0 Å². The lowest BCUT2D eigenvalue weighted by atomic mass is 9.95. The number of benzene rings is 1. The second-order valence-electron chi connectivity index (χ2n) is 6.84. The van der Waals surface area contributed by atoms with E-state index in [1.165, 1.54) is 25.3 Å². The van der Waals surface area contributed by atoms with Crippen molar-refractivity contribution < 1.29 is 13.9 Å². The molecule has 1 aromatic carbocycles. The zero-order chi connectivity index (χ0) is 19.5. The van der Waals surface area contributed by atoms with E-state index in [1.807, 2.05) is 13.8 Å². The monoisotopic (exact) mass is 506 g/mol. The molecule has 3 N–H and O–H groups in total. The van der Waals surface area contributed by atoms with E-state index in [9.17, 15) is 9.18 Å². The maximum absolute atomic E-state index is 13.6. The van der Waals surface area contributed by atoms with Crippen LogP contribution in [0.5, 0.6) is 5.75 Å². The first kappa shape index (κ1) is 24.5. The zero-order valence-corrected chi connectivity index (χ0v) is 19.0. The molecule has 1 fully saturated rings. The van der Waals surface area contributed by atoms with E-state index >= 15 is 0 Å². The van der Waals surface area contributed by atoms with Crippen molar-refractivity contribution in [2.75, 3.05) is 19.6 Å². The molecule has 1 unspecified atom stereocenters. The van der Waals surface area contributed by atoms with Crippen LogP contribution in [0.25, 0.3) is 0 Å². The van der Waals surface area contributed by atoms with Crippen molar-refractivity contribution in [1.82, 2.24) is 16.0 Å². The summed E-state index contributed by atoms with van der Waals surface area (Å²) < 4.78 is 19.2. The predicted molar refractivity (Wildman–Crippen MR) is 121 cm³/mol. The number of ether oxygens (including phenoxy) is 1. The van der Waals surface area contributed by atoms with E-state index in [-0.39, 0.29) is 60.1 Å². The highest BCUT2D eigenvalue weighted by Crippen LogP contribution is 2.17. The molecule has 1 aromatic rings. The smallest absolute Gasteiger partial charge is 0.242 e. The first-order chi connectivity index (χ1) is 13.1. The number of amides is 1. The Hall–Kier alpha value is -1.58. The second kappa shape index (κ2) is 13.6. The zero-order valence-electron chi connectivity index (χ0n) is 16.7. The summed E-state index contributed by atoms with van der Waals surface area (Å²) in [5, 5.41) is 9.28. The highest BCUT2D eigenvalue weighted by Gasteiger charge is 2.15. The average Bonchev–Trinajstić information content (AvgIpc) is 2.66. The topological polar surface area (TPSA) is 74.8 Å². The van der Waals surface area contributed by atoms with Crippen LogP contribution in [0.2, 0.25) is 0 Å². The molecule has 0 radical (unpaired) electrons. The number of guanidine groups is 1. The Kier molecular flexibility index (Phi) is 11.9. The molecular weight excluding hydrogens is 474 g/mol. The third-order valence-corrected chi connectivity index (χ3v) is 4.42. The Balaban J connectivity index is 0.00000392. The van der Waals surface area contributed by atoms with Gasteiger partial charge in [0.15, 0.2) is 17.5 Å². The predicted octanol–water partition coefficient (Wildman–Crippen LogP) is 3.22. The van der Waals surface area contributed by atoms with Gasteiger partial charge in [0.25, 0.3) is 0 Å². The third kappa shape index (κ3) is 9.07. The van der Waals surface area contributed by atoms with Crippen molar-refractivity contribution >= 4 is 35.8 Å². The first-order valence-electron chi connectivity index (χ1n) is 9.81. The second-order valence-corrected chi connectivity index (χ2v) is 6.84. The Labute approximate surface area is 184 Å². The maximum atomic E-state index is 13.6. The fraction of sp³-hybridized carbons (Fsp3) is 0.600. The van der Waals surface area contributed by atoms with Crippen LogP contribution in [0.1, 0.15) is 46.0 Å². The van der Waals surface area contributed by atoms with E-state index in [0.29, 0.717) is 19.0 Å². The van der Waals surface area contributed by atoms with Gasteiger partial charge < -0.3 is 20.7 Å². The van der Waals surface area contributed by atoms with Gasteiger partial charge in [0.1, 0.15) is 12.6 Å². The van der Waals surface area contributed by atoms with Gasteiger partial charge in [0.05, 0.1) is 6.54 Å². The van der Waals surface area contributed by atoms with Gasteiger partial charge in [0, 0.05) is 12.6 Å². The Morgan fingerprint density at radius 1 is 1.25 bits per heavy atom. The van der Waals surface area contributed by atoms with E-state index in [2.05, 4.69) is 20.9 Å². The van der Waals surface area contributed by atoms with Crippen molar-refractivity contribution in [1.29, 1.82) is 0 Å². The summed E-state index contributed by atoms with van der Waals surface area (Å²) >= 11 is 0. The summed E-state index contributed by atoms with van der Waals surface area (Å²) in [5.41, 5.74) is 0. The molecule has 8 heteroatoms. The first-order valence-corrected chi connectivity index (χ1v) is 9.81. The van der Waals surface area contributed by atoms with Gasteiger partial charge in [-0.25, -0.2) is 9.38 Å². The molecule has 0 aromatic heterocycles. The molecule has 0 spiro atoms. The number of hydrogen-bond donors (Lipinski definition) is 3. The average molecular weight is 506 g/mol. The van der Waals surface area contributed by atoms with Gasteiger partial charge in [-0.2, -0.15) is 0 Å². The van der Waals surface area contributed by atoms with Crippen LogP contribution in [-0.4, -0.2) is 43.6 Å². The van der Waals surface area contributed by atoms with Gasteiger partial charge in [-0.05, 0) is 38.8 Å². The van der Waals surface area contributed by atoms with Crippen molar-refractivity contribution in [2.24, 2.45) is 4.99 Å². The molecule has 6 nitrogen and oxygen atoms in total. The van der Waals surface area contributed by atoms with Crippen LogP contribution in [-0.2, 0) is 4.79 Å². The number of halogens is 2. The van der Waals surface area contributed by atoms with Crippen molar-refractivity contribution in [2.45, 2.75) is 58.1 Å². The number of carbonyl (C=O) groups is 1. The molecule has 0 bridgehead atoms. The van der Waals surface area contributed by atoms with Gasteiger partial charge >= 0.3 is 0 Å². The largest absolute Gasteiger partial charge is 0.486 e. The van der Waals surface area contributed by atoms with E-state index < -0.39 is 0 Å². The fourth-order valence-electron chi connectivity index (χ4n) is 3.05. The van der Waals surface area contributed by atoms with Crippen LogP contribution < -0.4 is 20.7 Å². The lowest BCUT2D eigenvalue weighted by Gasteiger charge is -2.22. The molecule has 1 aliphatic rings. The molecule has 1 atom stereocenters. The molecule has 1 amide bonds. The van der Waals surface area contributed by atoms with Gasteiger partial charge in [0.2, 0.25) is 5.91 Å². The van der Waals surface area contributed by atoms with Crippen LogP contribution in [0.4, 0.5) is 4.39 Å². The minimum Gasteiger partial charge on any atom is -0.486 e. The number of hydrogen-bond acceptors (Lipinski definition) is 3. The van der Waals surface area contributed by atoms with Crippen molar-refractivity contribution in [3.05, 3.63) is 30.1 Å². The van der Waals surface area contributed by atoms with E-state index in [4.69, 9.17) is 4.74 Å². The molecule has 28 heavy (non-hydrogen) atoms. The Bertz CT molecular complexity index is 624. The quantitative estimate of drug-likeness (QED) is 0.288. The van der Waals surface area contributed by atoms with Crippen LogP contribution in [0.15, 0.2) is 29.3 Å². The Morgan fingerprint density at radius 3 is 2.64 bits per heavy atom. The van der Waals surface area contributed by atoms with E-state index in [1.54, 1.807) is 18.2 Å². The highest BCUT2D eigenvalue weighted by molar-refractivity contribution is 14.0. The SMILES string of the molecule is CCNC(=NCC(=O)NC1CCCCC1)NCC(C)Oc1ccccc1F.I. The van der Waals surface area contributed by atoms with E-state index in [0.717, 1.165) is 12.8 Å².